The van der Waals surface area contributed by atoms with E-state index in [1.54, 1.807) is 23.9 Å². The Labute approximate surface area is 158 Å². The number of carbonyl (C=O) groups is 1. The highest BCUT2D eigenvalue weighted by Gasteiger charge is 2.07. The number of hydrogen-bond donors (Lipinski definition) is 3. The summed E-state index contributed by atoms with van der Waals surface area (Å²) in [6, 6.07) is 14.3. The van der Waals surface area contributed by atoms with E-state index < -0.39 is 10.0 Å². The lowest BCUT2D eigenvalue weighted by molar-refractivity contribution is 0.241. The van der Waals surface area contributed by atoms with Gasteiger partial charge in [0.05, 0.1) is 4.90 Å². The van der Waals surface area contributed by atoms with Gasteiger partial charge in [-0.2, -0.15) is 11.8 Å². The van der Waals surface area contributed by atoms with Crippen molar-refractivity contribution in [2.24, 2.45) is 5.14 Å². The largest absolute Gasteiger partial charge is 0.337 e. The Bertz CT molecular complexity index is 820. The van der Waals surface area contributed by atoms with Gasteiger partial charge in [0.25, 0.3) is 0 Å². The molecule has 0 fully saturated rings. The van der Waals surface area contributed by atoms with Crippen molar-refractivity contribution in [1.29, 1.82) is 0 Å². The van der Waals surface area contributed by atoms with Gasteiger partial charge >= 0.3 is 6.03 Å². The molecule has 4 N–H and O–H groups in total. The molecular formula is C18H23N3O3S2. The van der Waals surface area contributed by atoms with Gasteiger partial charge < -0.3 is 10.6 Å². The predicted molar refractivity (Wildman–Crippen MR) is 105 cm³/mol. The SMILES string of the molecule is Cc1ccc(CSCCNC(=O)NCc2ccc(S(N)(=O)=O)cc2)cc1. The lowest BCUT2D eigenvalue weighted by atomic mass is 10.2. The van der Waals surface area contributed by atoms with E-state index in [1.807, 2.05) is 0 Å². The molecule has 0 radical (unpaired) electrons. The molecule has 0 bridgehead atoms. The lowest BCUT2D eigenvalue weighted by Gasteiger charge is -2.08. The second-order valence-electron chi connectivity index (χ2n) is 5.84. The molecule has 2 aromatic rings. The van der Waals surface area contributed by atoms with E-state index in [9.17, 15) is 13.2 Å². The van der Waals surface area contributed by atoms with E-state index in [-0.39, 0.29) is 10.9 Å². The average Bonchev–Trinajstić information content (AvgIpc) is 2.61. The molecule has 0 heterocycles. The highest BCUT2D eigenvalue weighted by molar-refractivity contribution is 7.98. The molecule has 0 aliphatic rings. The van der Waals surface area contributed by atoms with Crippen molar-refractivity contribution >= 4 is 27.8 Å². The molecule has 0 spiro atoms. The highest BCUT2D eigenvalue weighted by Crippen LogP contribution is 2.12. The molecular weight excluding hydrogens is 370 g/mol. The van der Waals surface area contributed by atoms with Crippen LogP contribution in [0.1, 0.15) is 16.7 Å². The van der Waals surface area contributed by atoms with Crippen LogP contribution in [-0.2, 0) is 22.3 Å². The topological polar surface area (TPSA) is 101 Å². The number of aryl methyl sites for hydroxylation is 1. The van der Waals surface area contributed by atoms with Crippen LogP contribution in [0.4, 0.5) is 4.79 Å². The molecule has 0 aliphatic carbocycles. The predicted octanol–water partition coefficient (Wildman–Crippen LogP) is 2.38. The summed E-state index contributed by atoms with van der Waals surface area (Å²) in [5.41, 5.74) is 3.31. The number of benzene rings is 2. The van der Waals surface area contributed by atoms with Gasteiger partial charge in [0.2, 0.25) is 10.0 Å². The number of carbonyl (C=O) groups excluding carboxylic acids is 1. The zero-order valence-electron chi connectivity index (χ0n) is 14.6. The Morgan fingerprint density at radius 2 is 1.62 bits per heavy atom. The van der Waals surface area contributed by atoms with E-state index >= 15 is 0 Å². The summed E-state index contributed by atoms with van der Waals surface area (Å²) >= 11 is 1.76. The van der Waals surface area contributed by atoms with Crippen molar-refractivity contribution in [2.75, 3.05) is 12.3 Å². The number of rotatable bonds is 8. The second kappa shape index (κ2) is 9.61. The molecule has 8 heteroatoms. The minimum atomic E-state index is -3.69. The molecule has 0 unspecified atom stereocenters. The van der Waals surface area contributed by atoms with E-state index in [0.717, 1.165) is 17.1 Å². The number of sulfonamides is 1. The molecule has 2 amide bonds. The Kier molecular flexibility index (Phi) is 7.50. The lowest BCUT2D eigenvalue weighted by Crippen LogP contribution is -2.36. The van der Waals surface area contributed by atoms with Gasteiger partial charge in [0.1, 0.15) is 0 Å². The van der Waals surface area contributed by atoms with Gasteiger partial charge in [-0.1, -0.05) is 42.0 Å². The van der Waals surface area contributed by atoms with Crippen molar-refractivity contribution in [3.05, 3.63) is 65.2 Å². The molecule has 0 saturated carbocycles. The van der Waals surface area contributed by atoms with Crippen molar-refractivity contribution in [2.45, 2.75) is 24.1 Å². The van der Waals surface area contributed by atoms with Gasteiger partial charge in [-0.25, -0.2) is 18.4 Å². The third-order valence-corrected chi connectivity index (χ3v) is 5.59. The van der Waals surface area contributed by atoms with Crippen LogP contribution in [-0.4, -0.2) is 26.7 Å². The summed E-state index contributed by atoms with van der Waals surface area (Å²) in [6.07, 6.45) is 0. The maximum Gasteiger partial charge on any atom is 0.315 e. The first-order valence-corrected chi connectivity index (χ1v) is 10.8. The molecule has 0 aliphatic heterocycles. The monoisotopic (exact) mass is 393 g/mol. The second-order valence-corrected chi connectivity index (χ2v) is 8.50. The summed E-state index contributed by atoms with van der Waals surface area (Å²) in [4.78, 5) is 11.8. The van der Waals surface area contributed by atoms with Crippen molar-refractivity contribution < 1.29 is 13.2 Å². The van der Waals surface area contributed by atoms with E-state index in [4.69, 9.17) is 5.14 Å². The number of hydrogen-bond acceptors (Lipinski definition) is 4. The third-order valence-electron chi connectivity index (χ3n) is 3.63. The van der Waals surface area contributed by atoms with Crippen molar-refractivity contribution in [3.63, 3.8) is 0 Å². The third kappa shape index (κ3) is 7.07. The number of primary sulfonamides is 1. The van der Waals surface area contributed by atoms with Crippen LogP contribution in [0.2, 0.25) is 0 Å². The van der Waals surface area contributed by atoms with Crippen LogP contribution in [0.5, 0.6) is 0 Å². The van der Waals surface area contributed by atoms with E-state index in [1.165, 1.54) is 23.3 Å². The van der Waals surface area contributed by atoms with Crippen LogP contribution in [0.3, 0.4) is 0 Å². The van der Waals surface area contributed by atoms with Crippen molar-refractivity contribution in [1.82, 2.24) is 10.6 Å². The average molecular weight is 394 g/mol. The van der Waals surface area contributed by atoms with E-state index in [2.05, 4.69) is 41.8 Å². The summed E-state index contributed by atoms with van der Waals surface area (Å²) < 4.78 is 22.4. The molecule has 0 atom stereocenters. The fourth-order valence-corrected chi connectivity index (χ4v) is 3.49. The molecule has 0 aromatic heterocycles. The van der Waals surface area contributed by atoms with Crippen LogP contribution in [0.15, 0.2) is 53.4 Å². The molecule has 6 nitrogen and oxygen atoms in total. The van der Waals surface area contributed by atoms with Crippen LogP contribution in [0.25, 0.3) is 0 Å². The number of nitrogens with one attached hydrogen (secondary N) is 2. The summed E-state index contributed by atoms with van der Waals surface area (Å²) in [7, 11) is -3.69. The maximum absolute atomic E-state index is 11.8. The number of nitrogens with two attached hydrogens (primary N) is 1. The van der Waals surface area contributed by atoms with Crippen LogP contribution >= 0.6 is 11.8 Å². The Morgan fingerprint density at radius 1 is 1.00 bits per heavy atom. The van der Waals surface area contributed by atoms with Gasteiger partial charge in [-0.3, -0.25) is 0 Å². The first kappa shape index (κ1) is 20.3. The minimum absolute atomic E-state index is 0.0521. The Morgan fingerprint density at radius 3 is 2.23 bits per heavy atom. The van der Waals surface area contributed by atoms with Crippen molar-refractivity contribution in [3.8, 4) is 0 Å². The zero-order valence-corrected chi connectivity index (χ0v) is 16.2. The Hall–Kier alpha value is -2.03. The first-order valence-electron chi connectivity index (χ1n) is 8.11. The van der Waals surface area contributed by atoms with Gasteiger partial charge in [-0.05, 0) is 30.2 Å². The summed E-state index contributed by atoms with van der Waals surface area (Å²) in [5.74, 6) is 1.74. The fraction of sp³-hybridized carbons (Fsp3) is 0.278. The normalized spacial score (nSPS) is 11.2. The fourth-order valence-electron chi connectivity index (χ4n) is 2.15. The van der Waals surface area contributed by atoms with Crippen LogP contribution < -0.4 is 15.8 Å². The maximum atomic E-state index is 11.8. The quantitative estimate of drug-likeness (QED) is 0.599. The molecule has 2 aromatic carbocycles. The number of thioether (sulfide) groups is 1. The highest BCUT2D eigenvalue weighted by atomic mass is 32.2. The summed E-state index contributed by atoms with van der Waals surface area (Å²) in [6.45, 7) is 2.95. The summed E-state index contributed by atoms with van der Waals surface area (Å²) in [5, 5.41) is 10.6. The van der Waals surface area contributed by atoms with Gasteiger partial charge in [-0.15, -0.1) is 0 Å². The van der Waals surface area contributed by atoms with Gasteiger partial charge in [0, 0.05) is 24.6 Å². The van der Waals surface area contributed by atoms with E-state index in [0.29, 0.717) is 13.1 Å². The Balaban J connectivity index is 1.62. The molecule has 140 valence electrons. The molecule has 26 heavy (non-hydrogen) atoms. The standard InChI is InChI=1S/C18H23N3O3S2/c1-14-2-4-16(5-3-14)13-25-11-10-20-18(22)21-12-15-6-8-17(9-7-15)26(19,23)24/h2-9H,10-13H2,1H3,(H2,19,23,24)(H2,20,21,22). The number of urea groups is 1. The van der Waals surface area contributed by atoms with Crippen LogP contribution in [0, 0.1) is 6.92 Å². The minimum Gasteiger partial charge on any atom is -0.337 e. The first-order chi connectivity index (χ1) is 12.3. The smallest absolute Gasteiger partial charge is 0.315 e. The number of amides is 2. The van der Waals surface area contributed by atoms with Gasteiger partial charge in [0.15, 0.2) is 0 Å². The molecule has 0 saturated heterocycles. The zero-order chi connectivity index (χ0) is 19.0. The molecule has 2 rings (SSSR count).